The fourth-order valence-electron chi connectivity index (χ4n) is 2.35. The molecular formula is C13H28N2O2. The highest BCUT2D eigenvalue weighted by Gasteiger charge is 2.25. The van der Waals surface area contributed by atoms with Crippen LogP contribution in [0.5, 0.6) is 0 Å². The molecule has 4 heteroatoms. The number of methoxy groups -OCH3 is 1. The van der Waals surface area contributed by atoms with Gasteiger partial charge in [0.2, 0.25) is 0 Å². The van der Waals surface area contributed by atoms with Crippen molar-refractivity contribution in [3.63, 3.8) is 0 Å². The molecule has 2 fully saturated rings. The van der Waals surface area contributed by atoms with E-state index in [1.165, 1.54) is 12.8 Å². The Hall–Kier alpha value is -0.160. The molecule has 2 rings (SSSR count). The Morgan fingerprint density at radius 2 is 1.94 bits per heavy atom. The second-order valence-electron chi connectivity index (χ2n) is 4.67. The minimum absolute atomic E-state index is 0.481. The van der Waals surface area contributed by atoms with Crippen molar-refractivity contribution in [2.45, 2.75) is 38.9 Å². The number of rotatable bonds is 4. The Bertz CT molecular complexity index is 184. The van der Waals surface area contributed by atoms with Crippen molar-refractivity contribution >= 4 is 0 Å². The molecular weight excluding hydrogens is 216 g/mol. The Labute approximate surface area is 105 Å². The summed E-state index contributed by atoms with van der Waals surface area (Å²) >= 11 is 0. The average Bonchev–Trinajstić information content (AvgIpc) is 3.00. The predicted octanol–water partition coefficient (Wildman–Crippen LogP) is 1.02. The van der Waals surface area contributed by atoms with Crippen LogP contribution >= 0.6 is 0 Å². The molecule has 2 N–H and O–H groups in total. The molecule has 3 atom stereocenters. The number of ether oxygens (including phenoxy) is 2. The lowest BCUT2D eigenvalue weighted by Crippen LogP contribution is -2.21. The third-order valence-electron chi connectivity index (χ3n) is 3.53. The molecule has 0 saturated carbocycles. The second-order valence-corrected chi connectivity index (χ2v) is 4.67. The van der Waals surface area contributed by atoms with Crippen LogP contribution in [-0.4, -0.2) is 52.1 Å². The Morgan fingerprint density at radius 1 is 1.12 bits per heavy atom. The lowest BCUT2D eigenvalue weighted by molar-refractivity contribution is 0.0458. The van der Waals surface area contributed by atoms with Crippen molar-refractivity contribution < 1.29 is 9.47 Å². The summed E-state index contributed by atoms with van der Waals surface area (Å²) in [4.78, 5) is 0. The summed E-state index contributed by atoms with van der Waals surface area (Å²) in [5, 5.41) is 6.53. The summed E-state index contributed by atoms with van der Waals surface area (Å²) in [7, 11) is 1.76. The smallest absolute Gasteiger partial charge is 0.0739 e. The van der Waals surface area contributed by atoms with Gasteiger partial charge in [0.1, 0.15) is 0 Å². The number of hydrogen-bond donors (Lipinski definition) is 2. The van der Waals surface area contributed by atoms with Gasteiger partial charge in [0, 0.05) is 33.4 Å². The number of hydrogen-bond acceptors (Lipinski definition) is 4. The second kappa shape index (κ2) is 8.86. The summed E-state index contributed by atoms with van der Waals surface area (Å²) in [6.45, 7) is 9.49. The van der Waals surface area contributed by atoms with E-state index >= 15 is 0 Å². The van der Waals surface area contributed by atoms with Gasteiger partial charge in [-0.15, -0.1) is 0 Å². The molecule has 0 radical (unpaired) electrons. The molecule has 2 heterocycles. The van der Waals surface area contributed by atoms with E-state index in [-0.39, 0.29) is 0 Å². The van der Waals surface area contributed by atoms with Gasteiger partial charge in [0.25, 0.3) is 0 Å². The first-order valence-electron chi connectivity index (χ1n) is 6.87. The lowest BCUT2D eigenvalue weighted by Gasteiger charge is -2.15. The van der Waals surface area contributed by atoms with Crippen molar-refractivity contribution in [2.24, 2.45) is 5.92 Å². The predicted molar refractivity (Wildman–Crippen MR) is 70.3 cm³/mol. The van der Waals surface area contributed by atoms with Gasteiger partial charge in [-0.05, 0) is 32.2 Å². The zero-order chi connectivity index (χ0) is 12.5. The van der Waals surface area contributed by atoms with Gasteiger partial charge in [-0.2, -0.15) is 0 Å². The largest absolute Gasteiger partial charge is 0.380 e. The maximum absolute atomic E-state index is 5.54. The molecule has 2 aliphatic heterocycles. The van der Waals surface area contributed by atoms with Crippen molar-refractivity contribution in [1.29, 1.82) is 0 Å². The van der Waals surface area contributed by atoms with Gasteiger partial charge < -0.3 is 20.1 Å². The van der Waals surface area contributed by atoms with Gasteiger partial charge in [-0.3, -0.25) is 0 Å². The van der Waals surface area contributed by atoms with E-state index in [1.54, 1.807) is 7.11 Å². The highest BCUT2D eigenvalue weighted by Crippen LogP contribution is 2.15. The van der Waals surface area contributed by atoms with E-state index in [9.17, 15) is 0 Å². The fraction of sp³-hybridized carbons (Fsp3) is 1.00. The first kappa shape index (κ1) is 14.9. The molecule has 2 saturated heterocycles. The lowest BCUT2D eigenvalue weighted by atomic mass is 10.0. The SMILES string of the molecule is CCOC1CNCC1CC.COC1CCNC1. The molecule has 2 aliphatic rings. The van der Waals surface area contributed by atoms with Gasteiger partial charge in [-0.1, -0.05) is 6.92 Å². The van der Waals surface area contributed by atoms with E-state index in [4.69, 9.17) is 9.47 Å². The van der Waals surface area contributed by atoms with Gasteiger partial charge >= 0.3 is 0 Å². The van der Waals surface area contributed by atoms with E-state index in [2.05, 4.69) is 24.5 Å². The fourth-order valence-corrected chi connectivity index (χ4v) is 2.35. The van der Waals surface area contributed by atoms with Crippen molar-refractivity contribution in [1.82, 2.24) is 10.6 Å². The van der Waals surface area contributed by atoms with Crippen molar-refractivity contribution in [3.8, 4) is 0 Å². The van der Waals surface area contributed by atoms with Crippen LogP contribution in [0, 0.1) is 5.92 Å². The summed E-state index contributed by atoms with van der Waals surface area (Å²) in [5.74, 6) is 0.750. The molecule has 0 aromatic carbocycles. The van der Waals surface area contributed by atoms with Crippen LogP contribution in [0.4, 0.5) is 0 Å². The third kappa shape index (κ3) is 5.34. The van der Waals surface area contributed by atoms with Gasteiger partial charge in [-0.25, -0.2) is 0 Å². The summed E-state index contributed by atoms with van der Waals surface area (Å²) in [5.41, 5.74) is 0. The molecule has 0 aromatic rings. The van der Waals surface area contributed by atoms with Gasteiger partial charge in [0.05, 0.1) is 12.2 Å². The minimum atomic E-state index is 0.481. The topological polar surface area (TPSA) is 42.5 Å². The van der Waals surface area contributed by atoms with Crippen LogP contribution in [0.3, 0.4) is 0 Å². The molecule has 0 bridgehead atoms. The molecule has 3 unspecified atom stereocenters. The normalized spacial score (nSPS) is 32.3. The van der Waals surface area contributed by atoms with E-state index < -0.39 is 0 Å². The van der Waals surface area contributed by atoms with E-state index in [0.717, 1.165) is 38.7 Å². The molecule has 4 nitrogen and oxygen atoms in total. The van der Waals surface area contributed by atoms with Gasteiger partial charge in [0.15, 0.2) is 0 Å². The van der Waals surface area contributed by atoms with Crippen LogP contribution in [0.2, 0.25) is 0 Å². The van der Waals surface area contributed by atoms with Crippen LogP contribution in [0.1, 0.15) is 26.7 Å². The van der Waals surface area contributed by atoms with Crippen molar-refractivity contribution in [2.75, 3.05) is 39.9 Å². The van der Waals surface area contributed by atoms with E-state index in [0.29, 0.717) is 12.2 Å². The molecule has 0 aliphatic carbocycles. The van der Waals surface area contributed by atoms with Crippen LogP contribution in [-0.2, 0) is 9.47 Å². The zero-order valence-electron chi connectivity index (χ0n) is 11.5. The van der Waals surface area contributed by atoms with E-state index in [1.807, 2.05) is 0 Å². The average molecular weight is 244 g/mol. The first-order chi connectivity index (χ1) is 8.31. The minimum Gasteiger partial charge on any atom is -0.380 e. The van der Waals surface area contributed by atoms with Crippen LogP contribution in [0.15, 0.2) is 0 Å². The molecule has 17 heavy (non-hydrogen) atoms. The van der Waals surface area contributed by atoms with Crippen LogP contribution in [0.25, 0.3) is 0 Å². The summed E-state index contributed by atoms with van der Waals surface area (Å²) in [6.07, 6.45) is 3.38. The Kier molecular flexibility index (Phi) is 7.77. The molecule has 102 valence electrons. The van der Waals surface area contributed by atoms with Crippen molar-refractivity contribution in [3.05, 3.63) is 0 Å². The Morgan fingerprint density at radius 3 is 2.41 bits per heavy atom. The summed E-state index contributed by atoms with van der Waals surface area (Å²) < 4.78 is 10.6. The zero-order valence-corrected chi connectivity index (χ0v) is 11.5. The maximum Gasteiger partial charge on any atom is 0.0739 e. The molecule has 0 aromatic heterocycles. The number of nitrogens with one attached hydrogen (secondary N) is 2. The monoisotopic (exact) mass is 244 g/mol. The summed E-state index contributed by atoms with van der Waals surface area (Å²) in [6, 6.07) is 0. The van der Waals surface area contributed by atoms with Crippen LogP contribution < -0.4 is 10.6 Å². The quantitative estimate of drug-likeness (QED) is 0.775. The molecule has 0 amide bonds. The molecule has 0 spiro atoms. The highest BCUT2D eigenvalue weighted by molar-refractivity contribution is 4.80. The first-order valence-corrected chi connectivity index (χ1v) is 6.87. The maximum atomic E-state index is 5.54. The standard InChI is InChI=1S/C8H17NO.C5H11NO/c1-3-7-5-9-6-8(7)10-4-2;1-7-5-2-3-6-4-5/h7-9H,3-6H2,1-2H3;5-6H,2-4H2,1H3. The Balaban J connectivity index is 0.000000181. The third-order valence-corrected chi connectivity index (χ3v) is 3.53. The highest BCUT2D eigenvalue weighted by atomic mass is 16.5.